The van der Waals surface area contributed by atoms with Crippen molar-refractivity contribution in [3.63, 3.8) is 0 Å². The fraction of sp³-hybridized carbons (Fsp3) is 0.188. The van der Waals surface area contributed by atoms with Crippen molar-refractivity contribution in [3.05, 3.63) is 59.4 Å². The van der Waals surface area contributed by atoms with Crippen LogP contribution in [0.2, 0.25) is 0 Å². The Labute approximate surface area is 123 Å². The summed E-state index contributed by atoms with van der Waals surface area (Å²) in [5.41, 5.74) is 2.37. The zero-order chi connectivity index (χ0) is 15.2. The average molecular weight is 284 g/mol. The molecule has 5 nitrogen and oxygen atoms in total. The van der Waals surface area contributed by atoms with Crippen LogP contribution in [0, 0.1) is 6.92 Å². The number of aryl methyl sites for hydroxylation is 1. The summed E-state index contributed by atoms with van der Waals surface area (Å²) in [6, 6.07) is 11.0. The number of benzene rings is 1. The van der Waals surface area contributed by atoms with Crippen LogP contribution >= 0.6 is 0 Å². The first-order chi connectivity index (χ1) is 10.1. The van der Waals surface area contributed by atoms with Gasteiger partial charge in [0.2, 0.25) is 0 Å². The lowest BCUT2D eigenvalue weighted by Crippen LogP contribution is -2.16. The van der Waals surface area contributed by atoms with E-state index in [1.54, 1.807) is 13.0 Å². The molecule has 0 aliphatic rings. The van der Waals surface area contributed by atoms with Crippen LogP contribution in [-0.2, 0) is 11.3 Å². The zero-order valence-corrected chi connectivity index (χ0v) is 11.9. The number of aromatic nitrogens is 1. The largest absolute Gasteiger partial charge is 0.444 e. The molecule has 1 amide bonds. The van der Waals surface area contributed by atoms with Crippen molar-refractivity contribution in [1.29, 1.82) is 0 Å². The van der Waals surface area contributed by atoms with Gasteiger partial charge in [-0.15, -0.1) is 0 Å². The molecule has 0 radical (unpaired) electrons. The molecule has 2 aromatic rings. The number of rotatable bonds is 4. The van der Waals surface area contributed by atoms with Gasteiger partial charge in [0.05, 0.1) is 11.3 Å². The van der Waals surface area contributed by atoms with E-state index < -0.39 is 6.09 Å². The Balaban J connectivity index is 2.02. The van der Waals surface area contributed by atoms with Crippen molar-refractivity contribution in [3.8, 4) is 0 Å². The number of carbonyl (C=O) groups excluding carboxylic acids is 2. The van der Waals surface area contributed by atoms with Gasteiger partial charge in [0.1, 0.15) is 6.61 Å². The summed E-state index contributed by atoms with van der Waals surface area (Å²) in [6.45, 7) is 3.38. The van der Waals surface area contributed by atoms with Crippen LogP contribution in [0.15, 0.2) is 42.6 Å². The average Bonchev–Trinajstić information content (AvgIpc) is 2.46. The van der Waals surface area contributed by atoms with Gasteiger partial charge < -0.3 is 4.74 Å². The predicted octanol–water partition coefficient (Wildman–Crippen LogP) is 3.34. The zero-order valence-electron chi connectivity index (χ0n) is 11.9. The fourth-order valence-corrected chi connectivity index (χ4v) is 1.81. The number of pyridine rings is 1. The molecule has 5 heteroatoms. The van der Waals surface area contributed by atoms with Crippen LogP contribution in [0.1, 0.15) is 28.5 Å². The first kappa shape index (κ1) is 14.7. The van der Waals surface area contributed by atoms with E-state index in [1.165, 1.54) is 13.1 Å². The molecule has 21 heavy (non-hydrogen) atoms. The number of ketones is 1. The second-order valence-electron chi connectivity index (χ2n) is 4.61. The lowest BCUT2D eigenvalue weighted by molar-refractivity contribution is 0.101. The van der Waals surface area contributed by atoms with Crippen LogP contribution in [0.4, 0.5) is 10.5 Å². The molecule has 0 bridgehead atoms. The summed E-state index contributed by atoms with van der Waals surface area (Å²) in [5, 5.41) is 2.58. The number of hydrogen-bond acceptors (Lipinski definition) is 4. The Hall–Kier alpha value is -2.69. The number of nitrogens with zero attached hydrogens (tertiary/aromatic N) is 1. The molecule has 2 rings (SSSR count). The maximum absolute atomic E-state index is 11.8. The van der Waals surface area contributed by atoms with Crippen molar-refractivity contribution in [2.75, 3.05) is 5.32 Å². The molecule has 1 aromatic heterocycles. The van der Waals surface area contributed by atoms with Gasteiger partial charge in [-0.05, 0) is 25.5 Å². The van der Waals surface area contributed by atoms with Gasteiger partial charge in [0, 0.05) is 11.9 Å². The van der Waals surface area contributed by atoms with Crippen molar-refractivity contribution in [2.24, 2.45) is 0 Å². The Bertz CT molecular complexity index is 654. The molecule has 0 saturated carbocycles. The molecule has 108 valence electrons. The molecule has 0 atom stereocenters. The number of anilines is 1. The molecule has 0 unspecified atom stereocenters. The Kier molecular flexibility index (Phi) is 4.66. The molecule has 0 aliphatic carbocycles. The summed E-state index contributed by atoms with van der Waals surface area (Å²) in [4.78, 5) is 27.4. The van der Waals surface area contributed by atoms with Gasteiger partial charge in [0.15, 0.2) is 5.78 Å². The van der Waals surface area contributed by atoms with E-state index in [2.05, 4.69) is 10.3 Å². The van der Waals surface area contributed by atoms with Crippen molar-refractivity contribution >= 4 is 17.6 Å². The van der Waals surface area contributed by atoms with Gasteiger partial charge >= 0.3 is 6.09 Å². The maximum Gasteiger partial charge on any atom is 0.411 e. The predicted molar refractivity (Wildman–Crippen MR) is 79.2 cm³/mol. The summed E-state index contributed by atoms with van der Waals surface area (Å²) in [5.74, 6) is -0.166. The number of carbonyl (C=O) groups is 2. The highest BCUT2D eigenvalue weighted by molar-refractivity contribution is 6.02. The summed E-state index contributed by atoms with van der Waals surface area (Å²) in [7, 11) is 0. The fourth-order valence-electron chi connectivity index (χ4n) is 1.81. The van der Waals surface area contributed by atoms with Crippen molar-refractivity contribution in [2.45, 2.75) is 20.5 Å². The lowest BCUT2D eigenvalue weighted by atomic mass is 10.1. The van der Waals surface area contributed by atoms with E-state index in [1.807, 2.05) is 30.3 Å². The van der Waals surface area contributed by atoms with Gasteiger partial charge in [-0.3, -0.25) is 15.1 Å². The van der Waals surface area contributed by atoms with Gasteiger partial charge in [-0.25, -0.2) is 4.79 Å². The number of ether oxygens (including phenoxy) is 1. The molecule has 1 heterocycles. The SMILES string of the molecule is CC(=O)c1cnc(C)cc1NC(=O)OCc1ccccc1. The van der Waals surface area contributed by atoms with E-state index in [9.17, 15) is 9.59 Å². The van der Waals surface area contributed by atoms with Crippen LogP contribution in [0.5, 0.6) is 0 Å². The highest BCUT2D eigenvalue weighted by atomic mass is 16.5. The first-order valence-corrected chi connectivity index (χ1v) is 6.51. The third-order valence-corrected chi connectivity index (χ3v) is 2.87. The molecule has 0 saturated heterocycles. The van der Waals surface area contributed by atoms with Crippen LogP contribution in [0.25, 0.3) is 0 Å². The van der Waals surface area contributed by atoms with E-state index in [-0.39, 0.29) is 12.4 Å². The summed E-state index contributed by atoms with van der Waals surface area (Å²) >= 11 is 0. The quantitative estimate of drug-likeness (QED) is 0.874. The molecule has 0 spiro atoms. The minimum absolute atomic E-state index is 0.166. The summed E-state index contributed by atoms with van der Waals surface area (Å²) < 4.78 is 5.12. The second-order valence-corrected chi connectivity index (χ2v) is 4.61. The van der Waals surface area contributed by atoms with Crippen molar-refractivity contribution in [1.82, 2.24) is 4.98 Å². The highest BCUT2D eigenvalue weighted by Gasteiger charge is 2.12. The molecule has 0 fully saturated rings. The first-order valence-electron chi connectivity index (χ1n) is 6.51. The smallest absolute Gasteiger partial charge is 0.411 e. The van der Waals surface area contributed by atoms with Crippen LogP contribution in [0.3, 0.4) is 0 Å². The third-order valence-electron chi connectivity index (χ3n) is 2.87. The Morgan fingerprint density at radius 3 is 2.62 bits per heavy atom. The number of amides is 1. The topological polar surface area (TPSA) is 68.3 Å². The number of nitrogens with one attached hydrogen (secondary N) is 1. The number of Topliss-reactive ketones (excluding diaryl/α,β-unsaturated/α-hetero) is 1. The standard InChI is InChI=1S/C16H16N2O3/c1-11-8-15(14(9-17-11)12(2)19)18-16(20)21-10-13-6-4-3-5-7-13/h3-9H,10H2,1-2H3,(H,17,18,20). The highest BCUT2D eigenvalue weighted by Crippen LogP contribution is 2.16. The lowest BCUT2D eigenvalue weighted by Gasteiger charge is -2.10. The van der Waals surface area contributed by atoms with Crippen molar-refractivity contribution < 1.29 is 14.3 Å². The molecular formula is C16H16N2O3. The number of hydrogen-bond donors (Lipinski definition) is 1. The van der Waals surface area contributed by atoms with Crippen LogP contribution < -0.4 is 5.32 Å². The van der Waals surface area contributed by atoms with Gasteiger partial charge in [0.25, 0.3) is 0 Å². The van der Waals surface area contributed by atoms with E-state index in [4.69, 9.17) is 4.74 Å². The minimum atomic E-state index is -0.605. The van der Waals surface area contributed by atoms with E-state index in [0.717, 1.165) is 5.56 Å². The monoisotopic (exact) mass is 284 g/mol. The second kappa shape index (κ2) is 6.65. The van der Waals surface area contributed by atoms with E-state index in [0.29, 0.717) is 16.9 Å². The minimum Gasteiger partial charge on any atom is -0.444 e. The maximum atomic E-state index is 11.8. The van der Waals surface area contributed by atoms with Gasteiger partial charge in [-0.1, -0.05) is 30.3 Å². The van der Waals surface area contributed by atoms with Gasteiger partial charge in [-0.2, -0.15) is 0 Å². The Morgan fingerprint density at radius 2 is 1.95 bits per heavy atom. The van der Waals surface area contributed by atoms with E-state index >= 15 is 0 Å². The molecular weight excluding hydrogens is 268 g/mol. The summed E-state index contributed by atoms with van der Waals surface area (Å²) in [6.07, 6.45) is 0.844. The molecule has 1 aromatic carbocycles. The third kappa shape index (κ3) is 4.14. The normalized spacial score (nSPS) is 10.0. The molecule has 1 N–H and O–H groups in total. The van der Waals surface area contributed by atoms with Crippen LogP contribution in [-0.4, -0.2) is 16.9 Å². The Morgan fingerprint density at radius 1 is 1.24 bits per heavy atom. The molecule has 0 aliphatic heterocycles.